The van der Waals surface area contributed by atoms with E-state index >= 15 is 0 Å². The van der Waals surface area contributed by atoms with Crippen LogP contribution >= 0.6 is 0 Å². The zero-order valence-corrected chi connectivity index (χ0v) is 15.8. The van der Waals surface area contributed by atoms with Gasteiger partial charge in [0.1, 0.15) is 0 Å². The van der Waals surface area contributed by atoms with Crippen molar-refractivity contribution in [1.29, 1.82) is 0 Å². The number of nitrogens with zero attached hydrogens (tertiary/aromatic N) is 3. The van der Waals surface area contributed by atoms with Crippen LogP contribution in [0.15, 0.2) is 55.0 Å². The highest BCUT2D eigenvalue weighted by atomic mass is 16.1. The van der Waals surface area contributed by atoms with Gasteiger partial charge in [0, 0.05) is 43.3 Å². The van der Waals surface area contributed by atoms with Crippen molar-refractivity contribution in [3.63, 3.8) is 0 Å². The number of benzene rings is 1. The second kappa shape index (κ2) is 7.92. The lowest BCUT2D eigenvalue weighted by Gasteiger charge is -2.34. The number of aromatic nitrogens is 2. The molecule has 1 atom stereocenters. The maximum absolute atomic E-state index is 12.8. The van der Waals surface area contributed by atoms with Crippen LogP contribution in [0.5, 0.6) is 0 Å². The quantitative estimate of drug-likeness (QED) is 0.755. The number of rotatable bonds is 5. The van der Waals surface area contributed by atoms with E-state index in [1.807, 2.05) is 48.3 Å². The number of carbonyl (C=O) groups excluding carboxylic acids is 1. The average Bonchev–Trinajstić information content (AvgIpc) is 3.10. The van der Waals surface area contributed by atoms with Gasteiger partial charge in [0.25, 0.3) is 5.91 Å². The molecule has 1 aliphatic rings. The first kappa shape index (κ1) is 17.7. The third-order valence-electron chi connectivity index (χ3n) is 5.51. The fourth-order valence-electron chi connectivity index (χ4n) is 3.96. The molecular formula is C22H26N4O. The normalized spacial score (nSPS) is 16.3. The number of fused-ring (bicyclic) bond motifs is 1. The van der Waals surface area contributed by atoms with Crippen molar-refractivity contribution in [3.8, 4) is 0 Å². The zero-order valence-electron chi connectivity index (χ0n) is 15.8. The highest BCUT2D eigenvalue weighted by molar-refractivity contribution is 5.98. The fraction of sp³-hybridized carbons (Fsp3) is 0.364. The highest BCUT2D eigenvalue weighted by Crippen LogP contribution is 2.24. The average molecular weight is 362 g/mol. The van der Waals surface area contributed by atoms with E-state index in [2.05, 4.69) is 27.3 Å². The van der Waals surface area contributed by atoms with Gasteiger partial charge in [0.15, 0.2) is 0 Å². The standard InChI is InChI=1S/C22H26N4O/c1-25-13-9-17-7-8-18(14-20(17)25)22(27)24-16-21(19-6-5-10-23-15-19)26-11-3-2-4-12-26/h5-10,13-15,21H,2-4,11-12,16H2,1H3,(H,24,27)/t21-/m1/s1. The van der Waals surface area contributed by atoms with E-state index < -0.39 is 0 Å². The van der Waals surface area contributed by atoms with E-state index in [9.17, 15) is 4.79 Å². The van der Waals surface area contributed by atoms with Gasteiger partial charge in [-0.25, -0.2) is 0 Å². The van der Waals surface area contributed by atoms with Crippen molar-refractivity contribution >= 4 is 16.8 Å². The summed E-state index contributed by atoms with van der Waals surface area (Å²) >= 11 is 0. The van der Waals surface area contributed by atoms with Crippen LogP contribution in [-0.4, -0.2) is 40.0 Å². The zero-order chi connectivity index (χ0) is 18.6. The summed E-state index contributed by atoms with van der Waals surface area (Å²) in [5.74, 6) is -0.0241. The van der Waals surface area contributed by atoms with Crippen LogP contribution in [0.2, 0.25) is 0 Å². The third-order valence-corrected chi connectivity index (χ3v) is 5.51. The number of hydrogen-bond acceptors (Lipinski definition) is 3. The molecule has 1 amide bonds. The van der Waals surface area contributed by atoms with Crippen LogP contribution in [-0.2, 0) is 7.05 Å². The predicted molar refractivity (Wildman–Crippen MR) is 108 cm³/mol. The minimum Gasteiger partial charge on any atom is -0.351 e. The number of pyridine rings is 1. The third kappa shape index (κ3) is 3.88. The molecule has 0 saturated carbocycles. The van der Waals surface area contributed by atoms with Gasteiger partial charge in [-0.15, -0.1) is 0 Å². The van der Waals surface area contributed by atoms with E-state index in [0.29, 0.717) is 12.1 Å². The molecule has 1 aromatic carbocycles. The number of piperidine rings is 1. The Morgan fingerprint density at radius 2 is 2.04 bits per heavy atom. The summed E-state index contributed by atoms with van der Waals surface area (Å²) in [6.07, 6.45) is 9.45. The van der Waals surface area contributed by atoms with Crippen molar-refractivity contribution in [2.75, 3.05) is 19.6 Å². The van der Waals surface area contributed by atoms with Gasteiger partial charge >= 0.3 is 0 Å². The topological polar surface area (TPSA) is 50.2 Å². The van der Waals surface area contributed by atoms with Gasteiger partial charge in [-0.2, -0.15) is 0 Å². The molecule has 1 aliphatic heterocycles. The van der Waals surface area contributed by atoms with Gasteiger partial charge < -0.3 is 9.88 Å². The van der Waals surface area contributed by atoms with E-state index in [1.165, 1.54) is 19.3 Å². The number of amides is 1. The number of carbonyl (C=O) groups is 1. The second-order valence-corrected chi connectivity index (χ2v) is 7.31. The molecule has 3 aromatic rings. The maximum atomic E-state index is 12.8. The van der Waals surface area contributed by atoms with Gasteiger partial charge in [-0.3, -0.25) is 14.7 Å². The molecule has 5 heteroatoms. The minimum absolute atomic E-state index is 0.0241. The molecule has 0 bridgehead atoms. The first-order valence-electron chi connectivity index (χ1n) is 9.69. The summed E-state index contributed by atoms with van der Waals surface area (Å²) in [6, 6.07) is 12.2. The molecule has 140 valence electrons. The molecule has 1 fully saturated rings. The van der Waals surface area contributed by atoms with E-state index in [-0.39, 0.29) is 11.9 Å². The van der Waals surface area contributed by atoms with E-state index in [0.717, 1.165) is 29.6 Å². The molecule has 3 heterocycles. The monoisotopic (exact) mass is 362 g/mol. The highest BCUT2D eigenvalue weighted by Gasteiger charge is 2.23. The molecule has 0 aliphatic carbocycles. The SMILES string of the molecule is Cn1ccc2ccc(C(=O)NC[C@H](c3cccnc3)N3CCCCC3)cc21. The molecule has 0 radical (unpaired) electrons. The van der Waals surface area contributed by atoms with Crippen LogP contribution in [0.1, 0.15) is 41.2 Å². The number of aryl methyl sites for hydroxylation is 1. The summed E-state index contributed by atoms with van der Waals surface area (Å²) in [6.45, 7) is 2.74. The van der Waals surface area contributed by atoms with Gasteiger partial charge in [0.2, 0.25) is 0 Å². The maximum Gasteiger partial charge on any atom is 0.251 e. The summed E-state index contributed by atoms with van der Waals surface area (Å²) in [5.41, 5.74) is 2.94. The Balaban J connectivity index is 1.50. The number of hydrogen-bond donors (Lipinski definition) is 1. The van der Waals surface area contributed by atoms with Crippen molar-refractivity contribution in [2.45, 2.75) is 25.3 Å². The van der Waals surface area contributed by atoms with Gasteiger partial charge in [0.05, 0.1) is 6.04 Å². The number of nitrogens with one attached hydrogen (secondary N) is 1. The second-order valence-electron chi connectivity index (χ2n) is 7.31. The molecule has 27 heavy (non-hydrogen) atoms. The minimum atomic E-state index is -0.0241. The lowest BCUT2D eigenvalue weighted by atomic mass is 10.0. The van der Waals surface area contributed by atoms with E-state index in [1.54, 1.807) is 6.20 Å². The molecule has 5 nitrogen and oxygen atoms in total. The lowest BCUT2D eigenvalue weighted by Crippen LogP contribution is -2.40. The van der Waals surface area contributed by atoms with E-state index in [4.69, 9.17) is 0 Å². The molecule has 1 saturated heterocycles. The van der Waals surface area contributed by atoms with Crippen LogP contribution < -0.4 is 5.32 Å². The summed E-state index contributed by atoms with van der Waals surface area (Å²) in [5, 5.41) is 4.30. The van der Waals surface area contributed by atoms with Crippen molar-refractivity contribution in [2.24, 2.45) is 7.05 Å². The smallest absolute Gasteiger partial charge is 0.251 e. The molecule has 0 unspecified atom stereocenters. The predicted octanol–water partition coefficient (Wildman–Crippen LogP) is 3.53. The van der Waals surface area contributed by atoms with Crippen LogP contribution in [0.4, 0.5) is 0 Å². The van der Waals surface area contributed by atoms with Crippen LogP contribution in [0, 0.1) is 0 Å². The Morgan fingerprint density at radius 1 is 1.19 bits per heavy atom. The fourth-order valence-corrected chi connectivity index (χ4v) is 3.96. The molecule has 4 rings (SSSR count). The first-order valence-corrected chi connectivity index (χ1v) is 9.69. The van der Waals surface area contributed by atoms with Crippen LogP contribution in [0.25, 0.3) is 10.9 Å². The lowest BCUT2D eigenvalue weighted by molar-refractivity contribution is 0.0924. The van der Waals surface area contributed by atoms with Crippen molar-refractivity contribution in [1.82, 2.24) is 19.8 Å². The molecular weight excluding hydrogens is 336 g/mol. The molecule has 1 N–H and O–H groups in total. The molecule has 0 spiro atoms. The Bertz CT molecular complexity index is 912. The summed E-state index contributed by atoms with van der Waals surface area (Å²) in [7, 11) is 2.00. The Hall–Kier alpha value is -2.66. The summed E-state index contributed by atoms with van der Waals surface area (Å²) < 4.78 is 2.04. The Labute approximate surface area is 160 Å². The van der Waals surface area contributed by atoms with Crippen LogP contribution in [0.3, 0.4) is 0 Å². The Kier molecular flexibility index (Phi) is 5.21. The summed E-state index contributed by atoms with van der Waals surface area (Å²) in [4.78, 5) is 19.5. The largest absolute Gasteiger partial charge is 0.351 e. The Morgan fingerprint density at radius 3 is 2.81 bits per heavy atom. The van der Waals surface area contributed by atoms with Crippen molar-refractivity contribution < 1.29 is 4.79 Å². The molecule has 2 aromatic heterocycles. The number of likely N-dealkylation sites (tertiary alicyclic amines) is 1. The van der Waals surface area contributed by atoms with Gasteiger partial charge in [-0.05, 0) is 61.1 Å². The van der Waals surface area contributed by atoms with Gasteiger partial charge in [-0.1, -0.05) is 18.6 Å². The first-order chi connectivity index (χ1) is 13.2. The van der Waals surface area contributed by atoms with Crippen molar-refractivity contribution in [3.05, 3.63) is 66.1 Å².